The summed E-state index contributed by atoms with van der Waals surface area (Å²) in [7, 11) is 0. The van der Waals surface area contributed by atoms with Gasteiger partial charge in [-0.3, -0.25) is 4.79 Å². The van der Waals surface area contributed by atoms with Gasteiger partial charge in [0.15, 0.2) is 0 Å². The zero-order valence-electron chi connectivity index (χ0n) is 12.4. The van der Waals surface area contributed by atoms with Crippen molar-refractivity contribution in [3.8, 4) is 0 Å². The minimum Gasteiger partial charge on any atom is -0.366 e. The average molecular weight is 281 g/mol. The highest BCUT2D eigenvalue weighted by Crippen LogP contribution is 2.10. The van der Waals surface area contributed by atoms with Gasteiger partial charge in [-0.05, 0) is 32.1 Å². The van der Waals surface area contributed by atoms with Crippen LogP contribution in [0.25, 0.3) is 0 Å². The van der Waals surface area contributed by atoms with Crippen molar-refractivity contribution < 1.29 is 9.18 Å². The molecule has 1 atom stereocenters. The van der Waals surface area contributed by atoms with Crippen molar-refractivity contribution in [2.75, 3.05) is 19.6 Å². The molecule has 20 heavy (non-hydrogen) atoms. The zero-order valence-corrected chi connectivity index (χ0v) is 12.4. The molecule has 4 nitrogen and oxygen atoms in total. The molecule has 0 aromatic heterocycles. The number of carbonyl (C=O) groups excluding carboxylic acids is 1. The number of hydrogen-bond acceptors (Lipinski definition) is 3. The first-order valence-corrected chi connectivity index (χ1v) is 7.01. The van der Waals surface area contributed by atoms with E-state index in [1.807, 2.05) is 0 Å². The van der Waals surface area contributed by atoms with Gasteiger partial charge in [-0.2, -0.15) is 0 Å². The van der Waals surface area contributed by atoms with E-state index in [9.17, 15) is 9.18 Å². The molecule has 0 aliphatic heterocycles. The lowest BCUT2D eigenvalue weighted by Gasteiger charge is -2.23. The van der Waals surface area contributed by atoms with Gasteiger partial charge in [0.25, 0.3) is 0 Å². The van der Waals surface area contributed by atoms with Gasteiger partial charge in [0.2, 0.25) is 5.91 Å². The van der Waals surface area contributed by atoms with E-state index in [0.717, 1.165) is 19.6 Å². The summed E-state index contributed by atoms with van der Waals surface area (Å²) < 4.78 is 13.8. The molecule has 112 valence electrons. The van der Waals surface area contributed by atoms with Crippen molar-refractivity contribution >= 4 is 5.91 Å². The fraction of sp³-hybridized carbons (Fsp3) is 0.533. The molecule has 1 aromatic rings. The second-order valence-corrected chi connectivity index (χ2v) is 4.94. The summed E-state index contributed by atoms with van der Waals surface area (Å²) in [6.45, 7) is 9.70. The highest BCUT2D eigenvalue weighted by Gasteiger charge is 2.10. The van der Waals surface area contributed by atoms with E-state index < -0.39 is 11.7 Å². The van der Waals surface area contributed by atoms with Crippen LogP contribution in [0.15, 0.2) is 18.2 Å². The van der Waals surface area contributed by atoms with Crippen molar-refractivity contribution in [2.24, 2.45) is 5.73 Å². The first-order chi connectivity index (χ1) is 9.47. The van der Waals surface area contributed by atoms with Gasteiger partial charge in [-0.25, -0.2) is 4.39 Å². The van der Waals surface area contributed by atoms with E-state index in [1.165, 1.54) is 6.07 Å². The topological polar surface area (TPSA) is 58.4 Å². The molecule has 3 N–H and O–H groups in total. The van der Waals surface area contributed by atoms with Crippen LogP contribution in [0.4, 0.5) is 4.39 Å². The molecular formula is C15H24FN3O. The van der Waals surface area contributed by atoms with E-state index in [-0.39, 0.29) is 11.6 Å². The molecule has 5 heteroatoms. The number of nitrogens with one attached hydrogen (secondary N) is 1. The normalized spacial score (nSPS) is 12.7. The minimum absolute atomic E-state index is 0.197. The lowest BCUT2D eigenvalue weighted by atomic mass is 10.1. The minimum atomic E-state index is -0.613. The van der Waals surface area contributed by atoms with Crippen molar-refractivity contribution in [3.05, 3.63) is 35.1 Å². The number of hydrogen-bond donors (Lipinski definition) is 2. The van der Waals surface area contributed by atoms with Crippen LogP contribution in [-0.2, 0) is 6.54 Å². The Bertz CT molecular complexity index is 447. The molecule has 1 unspecified atom stereocenters. The highest BCUT2D eigenvalue weighted by molar-refractivity contribution is 5.92. The standard InChI is InChI=1S/C15H24FN3O/c1-4-19(5-2)10-11(3)18-9-13-7-6-12(15(17)20)8-14(13)16/h6-8,11,18H,4-5,9-10H2,1-3H3,(H2,17,20). The number of benzene rings is 1. The Hall–Kier alpha value is -1.46. The average Bonchev–Trinajstić information content (AvgIpc) is 2.43. The molecule has 1 rings (SSSR count). The van der Waals surface area contributed by atoms with Crippen LogP contribution in [0.1, 0.15) is 36.7 Å². The second-order valence-electron chi connectivity index (χ2n) is 4.94. The summed E-state index contributed by atoms with van der Waals surface area (Å²) in [5, 5.41) is 3.29. The summed E-state index contributed by atoms with van der Waals surface area (Å²) in [5.74, 6) is -1.01. The number of primary amides is 1. The van der Waals surface area contributed by atoms with Crippen molar-refractivity contribution in [2.45, 2.75) is 33.4 Å². The maximum atomic E-state index is 13.8. The van der Waals surface area contributed by atoms with Gasteiger partial charge < -0.3 is 16.0 Å². The summed E-state index contributed by atoms with van der Waals surface area (Å²) in [4.78, 5) is 13.3. The Morgan fingerprint density at radius 1 is 1.40 bits per heavy atom. The van der Waals surface area contributed by atoms with Gasteiger partial charge in [-0.15, -0.1) is 0 Å². The van der Waals surface area contributed by atoms with Gasteiger partial charge in [-0.1, -0.05) is 19.9 Å². The van der Waals surface area contributed by atoms with Crippen molar-refractivity contribution in [3.63, 3.8) is 0 Å². The lowest BCUT2D eigenvalue weighted by Crippen LogP contribution is -2.38. The Labute approximate surface area is 120 Å². The smallest absolute Gasteiger partial charge is 0.248 e. The molecule has 0 heterocycles. The molecular weight excluding hydrogens is 257 g/mol. The molecule has 0 radical (unpaired) electrons. The van der Waals surface area contributed by atoms with Crippen LogP contribution in [0.5, 0.6) is 0 Å². The fourth-order valence-corrected chi connectivity index (χ4v) is 2.06. The number of amides is 1. The molecule has 0 saturated carbocycles. The van der Waals surface area contributed by atoms with Gasteiger partial charge in [0.1, 0.15) is 5.82 Å². The Balaban J connectivity index is 2.55. The first-order valence-electron chi connectivity index (χ1n) is 7.01. The molecule has 0 aliphatic carbocycles. The van der Waals surface area contributed by atoms with E-state index in [0.29, 0.717) is 12.1 Å². The van der Waals surface area contributed by atoms with Gasteiger partial charge >= 0.3 is 0 Å². The summed E-state index contributed by atoms with van der Waals surface area (Å²) in [6.07, 6.45) is 0. The predicted molar refractivity (Wildman–Crippen MR) is 79.0 cm³/mol. The number of nitrogens with two attached hydrogens (primary N) is 1. The Morgan fingerprint density at radius 2 is 2.05 bits per heavy atom. The second kappa shape index (κ2) is 7.97. The van der Waals surface area contributed by atoms with Crippen LogP contribution in [0.2, 0.25) is 0 Å². The van der Waals surface area contributed by atoms with Crippen LogP contribution < -0.4 is 11.1 Å². The highest BCUT2D eigenvalue weighted by atomic mass is 19.1. The molecule has 0 aliphatic rings. The first kappa shape index (κ1) is 16.6. The van der Waals surface area contributed by atoms with Gasteiger partial charge in [0.05, 0.1) is 0 Å². The Kier molecular flexibility index (Phi) is 6.61. The predicted octanol–water partition coefficient (Wildman–Crippen LogP) is 1.74. The lowest BCUT2D eigenvalue weighted by molar-refractivity contribution is 0.1000. The SMILES string of the molecule is CCN(CC)CC(C)NCc1ccc(C(N)=O)cc1F. The summed E-state index contributed by atoms with van der Waals surface area (Å²) in [6, 6.07) is 4.61. The van der Waals surface area contributed by atoms with Crippen LogP contribution >= 0.6 is 0 Å². The van der Waals surface area contributed by atoms with E-state index in [4.69, 9.17) is 5.73 Å². The fourth-order valence-electron chi connectivity index (χ4n) is 2.06. The largest absolute Gasteiger partial charge is 0.366 e. The third-order valence-electron chi connectivity index (χ3n) is 3.41. The van der Waals surface area contributed by atoms with E-state index >= 15 is 0 Å². The molecule has 0 saturated heterocycles. The number of carbonyl (C=O) groups is 1. The quantitative estimate of drug-likeness (QED) is 0.763. The molecule has 0 fully saturated rings. The molecule has 1 aromatic carbocycles. The van der Waals surface area contributed by atoms with E-state index in [1.54, 1.807) is 12.1 Å². The van der Waals surface area contributed by atoms with E-state index in [2.05, 4.69) is 31.0 Å². The van der Waals surface area contributed by atoms with Crippen molar-refractivity contribution in [1.29, 1.82) is 0 Å². The maximum absolute atomic E-state index is 13.8. The number of rotatable bonds is 8. The number of likely N-dealkylation sites (N-methyl/N-ethyl adjacent to an activating group) is 1. The third-order valence-corrected chi connectivity index (χ3v) is 3.41. The van der Waals surface area contributed by atoms with Crippen LogP contribution in [-0.4, -0.2) is 36.5 Å². The monoisotopic (exact) mass is 281 g/mol. The van der Waals surface area contributed by atoms with Gasteiger partial charge in [0, 0.05) is 30.3 Å². The maximum Gasteiger partial charge on any atom is 0.248 e. The zero-order chi connectivity index (χ0) is 15.1. The molecule has 0 bridgehead atoms. The molecule has 0 spiro atoms. The molecule has 1 amide bonds. The Morgan fingerprint density at radius 3 is 2.55 bits per heavy atom. The van der Waals surface area contributed by atoms with Crippen molar-refractivity contribution in [1.82, 2.24) is 10.2 Å². The number of nitrogens with zero attached hydrogens (tertiary/aromatic N) is 1. The number of halogens is 1. The van der Waals surface area contributed by atoms with Crippen LogP contribution in [0.3, 0.4) is 0 Å². The summed E-state index contributed by atoms with van der Waals surface area (Å²) in [5.41, 5.74) is 5.85. The van der Waals surface area contributed by atoms with Crippen LogP contribution in [0, 0.1) is 5.82 Å². The third kappa shape index (κ3) is 4.90. The summed E-state index contributed by atoms with van der Waals surface area (Å²) >= 11 is 0.